The summed E-state index contributed by atoms with van der Waals surface area (Å²) < 4.78 is 13.1. The molecule has 1 aromatic heterocycles. The van der Waals surface area contributed by atoms with E-state index in [1.807, 2.05) is 23.6 Å². The molecule has 8 heteroatoms. The molecule has 3 amide bonds. The number of nitrogens with zero attached hydrogens (tertiary/aromatic N) is 3. The van der Waals surface area contributed by atoms with Crippen molar-refractivity contribution in [2.75, 3.05) is 18.4 Å². The third-order valence-corrected chi connectivity index (χ3v) is 6.07. The Kier molecular flexibility index (Phi) is 4.80. The summed E-state index contributed by atoms with van der Waals surface area (Å²) in [4.78, 5) is 29.4. The Labute approximate surface area is 169 Å². The zero-order valence-corrected chi connectivity index (χ0v) is 17.0. The van der Waals surface area contributed by atoms with E-state index in [4.69, 9.17) is 0 Å². The van der Waals surface area contributed by atoms with Gasteiger partial charge in [-0.05, 0) is 56.9 Å². The normalized spacial score (nSPS) is 18.6. The van der Waals surface area contributed by atoms with E-state index in [1.165, 1.54) is 24.3 Å². The Bertz CT molecular complexity index is 929. The van der Waals surface area contributed by atoms with Crippen molar-refractivity contribution < 1.29 is 14.0 Å². The number of hydrogen-bond donors (Lipinski definition) is 2. The number of urea groups is 1. The van der Waals surface area contributed by atoms with Crippen LogP contribution in [-0.4, -0.2) is 45.0 Å². The standard InChI is InChI=1S/C21H26FN5O2/c1-13-8-10-26(11-9-13)20(29)27-12-16-17(21(27,2)3)24-25-18(16)23-19(28)14-4-6-15(22)7-5-14/h4-7,13H,8-12H2,1-3H3,(H2,23,24,25,28). The Morgan fingerprint density at radius 3 is 2.52 bits per heavy atom. The summed E-state index contributed by atoms with van der Waals surface area (Å²) >= 11 is 0. The second-order valence-electron chi connectivity index (χ2n) is 8.48. The van der Waals surface area contributed by atoms with Crippen LogP contribution in [0.25, 0.3) is 0 Å². The minimum Gasteiger partial charge on any atom is -0.325 e. The van der Waals surface area contributed by atoms with Gasteiger partial charge in [0.25, 0.3) is 5.91 Å². The van der Waals surface area contributed by atoms with Gasteiger partial charge in [0.15, 0.2) is 0 Å². The molecule has 2 aliphatic heterocycles. The Balaban J connectivity index is 1.52. The zero-order valence-electron chi connectivity index (χ0n) is 17.0. The highest BCUT2D eigenvalue weighted by molar-refractivity contribution is 6.04. The number of likely N-dealkylation sites (tertiary alicyclic amines) is 1. The van der Waals surface area contributed by atoms with Crippen LogP contribution in [-0.2, 0) is 12.1 Å². The second kappa shape index (κ2) is 7.17. The fourth-order valence-electron chi connectivity index (χ4n) is 4.08. The van der Waals surface area contributed by atoms with Crippen LogP contribution in [0.2, 0.25) is 0 Å². The number of benzene rings is 1. The number of aromatic amines is 1. The summed E-state index contributed by atoms with van der Waals surface area (Å²) in [5.41, 5.74) is 1.34. The molecule has 1 saturated heterocycles. The molecular formula is C21H26FN5O2. The number of H-pyrrole nitrogens is 1. The second-order valence-corrected chi connectivity index (χ2v) is 8.48. The lowest BCUT2D eigenvalue weighted by atomic mass is 9.99. The zero-order chi connectivity index (χ0) is 20.8. The third-order valence-electron chi connectivity index (χ3n) is 6.07. The van der Waals surface area contributed by atoms with E-state index >= 15 is 0 Å². The Morgan fingerprint density at radius 1 is 1.21 bits per heavy atom. The minimum atomic E-state index is -0.579. The van der Waals surface area contributed by atoms with Crippen LogP contribution in [0.4, 0.5) is 15.0 Å². The van der Waals surface area contributed by atoms with Gasteiger partial charge in [-0.1, -0.05) is 6.92 Å². The van der Waals surface area contributed by atoms with Crippen LogP contribution in [0.15, 0.2) is 24.3 Å². The summed E-state index contributed by atoms with van der Waals surface area (Å²) in [6.07, 6.45) is 2.04. The van der Waals surface area contributed by atoms with Crippen molar-refractivity contribution in [1.29, 1.82) is 0 Å². The van der Waals surface area contributed by atoms with Gasteiger partial charge in [0, 0.05) is 24.2 Å². The summed E-state index contributed by atoms with van der Waals surface area (Å²) in [5, 5.41) is 10.1. The predicted molar refractivity (Wildman–Crippen MR) is 107 cm³/mol. The SMILES string of the molecule is CC1CCN(C(=O)N2Cc3c(n[nH]c3NC(=O)c3ccc(F)cc3)C2(C)C)CC1. The van der Waals surface area contributed by atoms with E-state index in [0.717, 1.165) is 37.2 Å². The van der Waals surface area contributed by atoms with Crippen LogP contribution in [0, 0.1) is 11.7 Å². The number of carbonyl (C=O) groups is 2. The highest BCUT2D eigenvalue weighted by atomic mass is 19.1. The van der Waals surface area contributed by atoms with Gasteiger partial charge in [-0.15, -0.1) is 0 Å². The van der Waals surface area contributed by atoms with E-state index in [9.17, 15) is 14.0 Å². The molecule has 29 heavy (non-hydrogen) atoms. The molecule has 3 heterocycles. The predicted octanol–water partition coefficient (Wildman–Crippen LogP) is 3.70. The van der Waals surface area contributed by atoms with Crippen LogP contribution in [0.5, 0.6) is 0 Å². The first kappa shape index (κ1) is 19.4. The van der Waals surface area contributed by atoms with Gasteiger partial charge in [0.1, 0.15) is 11.6 Å². The molecule has 0 spiro atoms. The van der Waals surface area contributed by atoms with Crippen molar-refractivity contribution in [2.45, 2.75) is 45.7 Å². The number of amides is 3. The maximum absolute atomic E-state index is 13.2. The first-order valence-electron chi connectivity index (χ1n) is 9.98. The summed E-state index contributed by atoms with van der Waals surface area (Å²) in [7, 11) is 0. The average Bonchev–Trinajstić information content (AvgIpc) is 3.21. The molecule has 2 aliphatic rings. The van der Waals surface area contributed by atoms with Gasteiger partial charge in [-0.2, -0.15) is 5.10 Å². The van der Waals surface area contributed by atoms with Crippen molar-refractivity contribution in [3.8, 4) is 0 Å². The summed E-state index contributed by atoms with van der Waals surface area (Å²) in [6.45, 7) is 8.07. The van der Waals surface area contributed by atoms with E-state index in [-0.39, 0.29) is 11.9 Å². The van der Waals surface area contributed by atoms with Crippen molar-refractivity contribution >= 4 is 17.8 Å². The first-order valence-corrected chi connectivity index (χ1v) is 9.98. The van der Waals surface area contributed by atoms with Crippen molar-refractivity contribution in [2.24, 2.45) is 5.92 Å². The van der Waals surface area contributed by atoms with Gasteiger partial charge in [-0.3, -0.25) is 9.89 Å². The van der Waals surface area contributed by atoms with Crippen molar-refractivity contribution in [3.05, 3.63) is 46.9 Å². The van der Waals surface area contributed by atoms with Gasteiger partial charge in [0.2, 0.25) is 0 Å². The number of rotatable bonds is 2. The monoisotopic (exact) mass is 399 g/mol. The molecule has 154 valence electrons. The molecule has 2 N–H and O–H groups in total. The van der Waals surface area contributed by atoms with Crippen LogP contribution in [0.1, 0.15) is 55.2 Å². The molecule has 4 rings (SSSR count). The molecule has 0 radical (unpaired) electrons. The average molecular weight is 399 g/mol. The fraction of sp³-hybridized carbons (Fsp3) is 0.476. The quantitative estimate of drug-likeness (QED) is 0.808. The highest BCUT2D eigenvalue weighted by Gasteiger charge is 2.45. The van der Waals surface area contributed by atoms with E-state index in [2.05, 4.69) is 22.4 Å². The van der Waals surface area contributed by atoms with Crippen LogP contribution < -0.4 is 5.32 Å². The number of anilines is 1. The summed E-state index contributed by atoms with van der Waals surface area (Å²) in [6, 6.07) is 5.36. The van der Waals surface area contributed by atoms with E-state index in [1.54, 1.807) is 0 Å². The lowest BCUT2D eigenvalue weighted by molar-refractivity contribution is 0.0949. The van der Waals surface area contributed by atoms with E-state index in [0.29, 0.717) is 23.8 Å². The maximum Gasteiger partial charge on any atom is 0.321 e. The number of halogens is 1. The van der Waals surface area contributed by atoms with Gasteiger partial charge >= 0.3 is 6.03 Å². The molecule has 0 aliphatic carbocycles. The Hall–Kier alpha value is -2.90. The van der Waals surface area contributed by atoms with Crippen molar-refractivity contribution in [1.82, 2.24) is 20.0 Å². The molecular weight excluding hydrogens is 373 g/mol. The molecule has 2 aromatic rings. The molecule has 0 saturated carbocycles. The smallest absolute Gasteiger partial charge is 0.321 e. The van der Waals surface area contributed by atoms with E-state index < -0.39 is 11.4 Å². The fourth-order valence-corrected chi connectivity index (χ4v) is 4.08. The molecule has 0 bridgehead atoms. The number of aromatic nitrogens is 2. The molecule has 7 nitrogen and oxygen atoms in total. The highest BCUT2D eigenvalue weighted by Crippen LogP contribution is 2.41. The van der Waals surface area contributed by atoms with Crippen molar-refractivity contribution in [3.63, 3.8) is 0 Å². The Morgan fingerprint density at radius 2 is 1.86 bits per heavy atom. The minimum absolute atomic E-state index is 0.00992. The molecule has 1 aromatic carbocycles. The number of fused-ring (bicyclic) bond motifs is 1. The molecule has 0 atom stereocenters. The lowest BCUT2D eigenvalue weighted by Crippen LogP contribution is -2.50. The lowest BCUT2D eigenvalue weighted by Gasteiger charge is -2.38. The maximum atomic E-state index is 13.2. The number of piperidine rings is 1. The van der Waals surface area contributed by atoms with Crippen LogP contribution in [0.3, 0.4) is 0 Å². The van der Waals surface area contributed by atoms with Gasteiger partial charge in [-0.25, -0.2) is 9.18 Å². The largest absolute Gasteiger partial charge is 0.325 e. The van der Waals surface area contributed by atoms with Gasteiger partial charge in [0.05, 0.1) is 17.8 Å². The first-order chi connectivity index (χ1) is 13.8. The van der Waals surface area contributed by atoms with Gasteiger partial charge < -0.3 is 15.1 Å². The third kappa shape index (κ3) is 3.47. The summed E-state index contributed by atoms with van der Waals surface area (Å²) in [5.74, 6) is 0.371. The van der Waals surface area contributed by atoms with Crippen LogP contribution >= 0.6 is 0 Å². The number of nitrogens with one attached hydrogen (secondary N) is 2. The topological polar surface area (TPSA) is 81.3 Å². The number of carbonyl (C=O) groups excluding carboxylic acids is 2. The molecule has 1 fully saturated rings. The number of hydrogen-bond acceptors (Lipinski definition) is 3. The molecule has 0 unspecified atom stereocenters.